The van der Waals surface area contributed by atoms with E-state index < -0.39 is 5.91 Å². The fourth-order valence-corrected chi connectivity index (χ4v) is 3.14. The second-order valence-corrected chi connectivity index (χ2v) is 6.94. The monoisotopic (exact) mass is 414 g/mol. The van der Waals surface area contributed by atoms with Gasteiger partial charge in [0.1, 0.15) is 5.75 Å². The Labute approximate surface area is 179 Å². The lowest BCUT2D eigenvalue weighted by atomic mass is 10.1. The first-order valence-corrected chi connectivity index (χ1v) is 9.85. The first-order valence-electron chi connectivity index (χ1n) is 9.85. The Morgan fingerprint density at radius 3 is 2.26 bits per heavy atom. The minimum Gasteiger partial charge on any atom is -0.484 e. The topological polar surface area (TPSA) is 95.2 Å². The number of carbonyl (C=O) groups is 2. The lowest BCUT2D eigenvalue weighted by molar-refractivity contribution is -0.129. The molecular formula is C24H22N4O3. The van der Waals surface area contributed by atoms with E-state index in [0.717, 1.165) is 27.8 Å². The molecule has 0 fully saturated rings. The van der Waals surface area contributed by atoms with Gasteiger partial charge in [-0.3, -0.25) is 20.4 Å². The maximum atomic E-state index is 12.1. The largest absolute Gasteiger partial charge is 0.484 e. The highest BCUT2D eigenvalue weighted by molar-refractivity contribution is 5.89. The maximum absolute atomic E-state index is 12.1. The molecular weight excluding hydrogens is 392 g/mol. The SMILES string of the molecule is O=C(COc1ccc(Nc2ccccc2)cc1)NNC(=O)Cc1c[nH]c2ccccc12. The molecule has 1 heterocycles. The van der Waals surface area contributed by atoms with Gasteiger partial charge in [0.25, 0.3) is 5.91 Å². The number of carbonyl (C=O) groups excluding carboxylic acids is 2. The van der Waals surface area contributed by atoms with Crippen LogP contribution < -0.4 is 20.9 Å². The van der Waals surface area contributed by atoms with Crippen LogP contribution in [0.1, 0.15) is 5.56 Å². The zero-order valence-corrected chi connectivity index (χ0v) is 16.7. The minimum absolute atomic E-state index is 0.154. The van der Waals surface area contributed by atoms with Gasteiger partial charge in [-0.1, -0.05) is 36.4 Å². The number of hydrogen-bond acceptors (Lipinski definition) is 4. The van der Waals surface area contributed by atoms with Crippen LogP contribution >= 0.6 is 0 Å². The van der Waals surface area contributed by atoms with Gasteiger partial charge in [-0.2, -0.15) is 0 Å². The molecule has 0 aliphatic carbocycles. The molecule has 3 aromatic carbocycles. The van der Waals surface area contributed by atoms with Crippen molar-refractivity contribution in [1.82, 2.24) is 15.8 Å². The lowest BCUT2D eigenvalue weighted by Gasteiger charge is -2.10. The number of amides is 2. The number of hydrazine groups is 1. The molecule has 0 saturated heterocycles. The van der Waals surface area contributed by atoms with Crippen LogP contribution in [0, 0.1) is 0 Å². The van der Waals surface area contributed by atoms with Crippen molar-refractivity contribution in [3.05, 3.63) is 90.6 Å². The summed E-state index contributed by atoms with van der Waals surface area (Å²) >= 11 is 0. The van der Waals surface area contributed by atoms with Crippen LogP contribution in [-0.4, -0.2) is 23.4 Å². The van der Waals surface area contributed by atoms with Gasteiger partial charge in [0, 0.05) is 28.5 Å². The van der Waals surface area contributed by atoms with E-state index in [0.29, 0.717) is 5.75 Å². The Morgan fingerprint density at radius 1 is 0.774 bits per heavy atom. The zero-order valence-electron chi connectivity index (χ0n) is 16.7. The van der Waals surface area contributed by atoms with E-state index in [9.17, 15) is 9.59 Å². The third kappa shape index (κ3) is 5.42. The van der Waals surface area contributed by atoms with Crippen molar-refractivity contribution in [2.45, 2.75) is 6.42 Å². The van der Waals surface area contributed by atoms with Gasteiger partial charge >= 0.3 is 0 Å². The van der Waals surface area contributed by atoms with Crippen molar-refractivity contribution >= 4 is 34.1 Å². The number of benzene rings is 3. The van der Waals surface area contributed by atoms with Gasteiger partial charge in [-0.25, -0.2) is 0 Å². The third-order valence-electron chi connectivity index (χ3n) is 4.65. The minimum atomic E-state index is -0.446. The molecule has 2 amide bonds. The predicted octanol–water partition coefficient (Wildman–Crippen LogP) is 3.68. The number of H-pyrrole nitrogens is 1. The number of hydrogen-bond donors (Lipinski definition) is 4. The summed E-state index contributed by atoms with van der Waals surface area (Å²) in [5.41, 5.74) is 8.51. The van der Waals surface area contributed by atoms with E-state index in [2.05, 4.69) is 21.2 Å². The molecule has 7 nitrogen and oxygen atoms in total. The van der Waals surface area contributed by atoms with Gasteiger partial charge in [-0.15, -0.1) is 0 Å². The van der Waals surface area contributed by atoms with E-state index in [1.807, 2.05) is 66.7 Å². The summed E-state index contributed by atoms with van der Waals surface area (Å²) < 4.78 is 5.47. The van der Waals surface area contributed by atoms with Gasteiger partial charge in [0.2, 0.25) is 5.91 Å². The number of aromatic nitrogens is 1. The van der Waals surface area contributed by atoms with Crippen molar-refractivity contribution in [3.8, 4) is 5.75 Å². The number of anilines is 2. The Morgan fingerprint density at radius 2 is 1.45 bits per heavy atom. The van der Waals surface area contributed by atoms with Crippen LogP contribution in [-0.2, 0) is 16.0 Å². The third-order valence-corrected chi connectivity index (χ3v) is 4.65. The number of ether oxygens (including phenoxy) is 1. The molecule has 4 N–H and O–H groups in total. The number of aromatic amines is 1. The summed E-state index contributed by atoms with van der Waals surface area (Å²) in [5.74, 6) is -0.202. The normalized spacial score (nSPS) is 10.5. The quantitative estimate of drug-likeness (QED) is 0.347. The highest BCUT2D eigenvalue weighted by atomic mass is 16.5. The summed E-state index contributed by atoms with van der Waals surface area (Å²) in [6.45, 7) is -0.209. The zero-order chi connectivity index (χ0) is 21.5. The summed E-state index contributed by atoms with van der Waals surface area (Å²) in [4.78, 5) is 27.2. The molecule has 156 valence electrons. The van der Waals surface area contributed by atoms with Crippen LogP contribution in [0.25, 0.3) is 10.9 Å². The summed E-state index contributed by atoms with van der Waals surface area (Å²) in [6.07, 6.45) is 1.95. The molecule has 0 aliphatic rings. The Kier molecular flexibility index (Phi) is 6.13. The lowest BCUT2D eigenvalue weighted by Crippen LogP contribution is -2.44. The van der Waals surface area contributed by atoms with Crippen LogP contribution in [0.2, 0.25) is 0 Å². The molecule has 0 unspecified atom stereocenters. The maximum Gasteiger partial charge on any atom is 0.276 e. The van der Waals surface area contributed by atoms with Crippen molar-refractivity contribution in [2.75, 3.05) is 11.9 Å². The van der Waals surface area contributed by atoms with E-state index in [-0.39, 0.29) is 18.9 Å². The smallest absolute Gasteiger partial charge is 0.276 e. The fourth-order valence-electron chi connectivity index (χ4n) is 3.14. The molecule has 0 radical (unpaired) electrons. The summed E-state index contributed by atoms with van der Waals surface area (Å²) in [5, 5.41) is 4.26. The first-order chi connectivity index (χ1) is 15.2. The Balaban J connectivity index is 1.20. The van der Waals surface area contributed by atoms with Gasteiger partial charge in [-0.05, 0) is 48.0 Å². The van der Waals surface area contributed by atoms with E-state index in [1.54, 1.807) is 18.3 Å². The van der Waals surface area contributed by atoms with Crippen LogP contribution in [0.3, 0.4) is 0 Å². The Hall–Kier alpha value is -4.26. The van der Waals surface area contributed by atoms with Crippen molar-refractivity contribution in [2.24, 2.45) is 0 Å². The van der Waals surface area contributed by atoms with Crippen molar-refractivity contribution in [3.63, 3.8) is 0 Å². The van der Waals surface area contributed by atoms with Gasteiger partial charge < -0.3 is 15.0 Å². The molecule has 0 saturated carbocycles. The van der Waals surface area contributed by atoms with Crippen molar-refractivity contribution < 1.29 is 14.3 Å². The van der Waals surface area contributed by atoms with Gasteiger partial charge in [0.15, 0.2) is 6.61 Å². The fraction of sp³-hybridized carbons (Fsp3) is 0.0833. The molecule has 0 aliphatic heterocycles. The molecule has 4 rings (SSSR count). The van der Waals surface area contributed by atoms with E-state index in [1.165, 1.54) is 0 Å². The molecule has 1 aromatic heterocycles. The second kappa shape index (κ2) is 9.49. The first kappa shape index (κ1) is 20.0. The molecule has 0 spiro atoms. The predicted molar refractivity (Wildman–Crippen MR) is 120 cm³/mol. The molecule has 0 bridgehead atoms. The van der Waals surface area contributed by atoms with E-state index >= 15 is 0 Å². The Bertz CT molecular complexity index is 1170. The summed E-state index contributed by atoms with van der Waals surface area (Å²) in [7, 11) is 0. The number of para-hydroxylation sites is 2. The van der Waals surface area contributed by atoms with Gasteiger partial charge in [0.05, 0.1) is 6.42 Å². The van der Waals surface area contributed by atoms with Crippen LogP contribution in [0.15, 0.2) is 85.1 Å². The number of rotatable bonds is 7. The van der Waals surface area contributed by atoms with Crippen LogP contribution in [0.5, 0.6) is 5.75 Å². The number of nitrogens with one attached hydrogen (secondary N) is 4. The van der Waals surface area contributed by atoms with Crippen molar-refractivity contribution in [1.29, 1.82) is 0 Å². The standard InChI is InChI=1S/C24H22N4O3/c29-23(14-17-15-25-22-9-5-4-8-21(17)22)27-28-24(30)16-31-20-12-10-19(11-13-20)26-18-6-2-1-3-7-18/h1-13,15,25-26H,14,16H2,(H,27,29)(H,28,30). The van der Waals surface area contributed by atoms with Crippen LogP contribution in [0.4, 0.5) is 11.4 Å². The highest BCUT2D eigenvalue weighted by Gasteiger charge is 2.10. The molecule has 0 atom stereocenters. The average Bonchev–Trinajstić information content (AvgIpc) is 3.21. The van der Waals surface area contributed by atoms with E-state index in [4.69, 9.17) is 4.74 Å². The molecule has 7 heteroatoms. The second-order valence-electron chi connectivity index (χ2n) is 6.94. The molecule has 31 heavy (non-hydrogen) atoms. The number of fused-ring (bicyclic) bond motifs is 1. The summed E-state index contributed by atoms with van der Waals surface area (Å²) in [6, 6.07) is 24.8. The average molecular weight is 414 g/mol. The molecule has 4 aromatic rings. The highest BCUT2D eigenvalue weighted by Crippen LogP contribution is 2.20.